The lowest BCUT2D eigenvalue weighted by Gasteiger charge is -2.13. The number of carbonyl (C=O) groups is 3. The number of carbonyl (C=O) groups excluding carboxylic acids is 3. The standard InChI is InChI=1S/C24H31N3O4/c1-17(2)23(29)27-15-22-12-20(11-21(13-22)14-26-18(3)28)9-10-25-24(30)31-16-19-7-5-4-6-8-19/h4-8,11-13,17H,9-10,14-16H2,1-3H3,(H,25,30)(H,26,28)(H,27,29). The molecule has 2 aromatic carbocycles. The van der Waals surface area contributed by atoms with Crippen molar-refractivity contribution in [1.82, 2.24) is 16.0 Å². The highest BCUT2D eigenvalue weighted by atomic mass is 16.5. The first kappa shape index (κ1) is 23.9. The summed E-state index contributed by atoms with van der Waals surface area (Å²) < 4.78 is 5.22. The van der Waals surface area contributed by atoms with Crippen LogP contribution < -0.4 is 16.0 Å². The molecule has 0 aromatic heterocycles. The highest BCUT2D eigenvalue weighted by molar-refractivity contribution is 5.77. The number of hydrogen-bond donors (Lipinski definition) is 3. The second kappa shape index (κ2) is 12.4. The number of alkyl carbamates (subject to hydrolysis) is 1. The molecule has 0 atom stereocenters. The highest BCUT2D eigenvalue weighted by Gasteiger charge is 2.09. The van der Waals surface area contributed by atoms with E-state index in [1.165, 1.54) is 6.92 Å². The lowest BCUT2D eigenvalue weighted by Crippen LogP contribution is -2.28. The summed E-state index contributed by atoms with van der Waals surface area (Å²) in [6.07, 6.45) is 0.127. The molecule has 166 valence electrons. The van der Waals surface area contributed by atoms with Gasteiger partial charge >= 0.3 is 6.09 Å². The van der Waals surface area contributed by atoms with Crippen molar-refractivity contribution in [3.63, 3.8) is 0 Å². The van der Waals surface area contributed by atoms with E-state index in [0.29, 0.717) is 26.1 Å². The molecule has 3 amide bonds. The zero-order chi connectivity index (χ0) is 22.6. The van der Waals surface area contributed by atoms with Gasteiger partial charge in [-0.2, -0.15) is 0 Å². The number of rotatable bonds is 10. The minimum absolute atomic E-state index is 0.0170. The zero-order valence-electron chi connectivity index (χ0n) is 18.4. The normalized spacial score (nSPS) is 10.5. The number of ether oxygens (including phenoxy) is 1. The fourth-order valence-electron chi connectivity index (χ4n) is 2.89. The van der Waals surface area contributed by atoms with E-state index in [2.05, 4.69) is 16.0 Å². The molecule has 0 saturated carbocycles. The second-order valence-electron chi connectivity index (χ2n) is 7.68. The quantitative estimate of drug-likeness (QED) is 0.545. The van der Waals surface area contributed by atoms with Crippen LogP contribution in [0.25, 0.3) is 0 Å². The summed E-state index contributed by atoms with van der Waals surface area (Å²) >= 11 is 0. The molecule has 0 radical (unpaired) electrons. The van der Waals surface area contributed by atoms with Crippen molar-refractivity contribution in [2.75, 3.05) is 6.54 Å². The minimum atomic E-state index is -0.470. The van der Waals surface area contributed by atoms with E-state index in [9.17, 15) is 14.4 Å². The largest absolute Gasteiger partial charge is 0.445 e. The molecule has 0 aliphatic heterocycles. The van der Waals surface area contributed by atoms with Crippen LogP contribution in [-0.2, 0) is 40.4 Å². The molecule has 0 bridgehead atoms. The Kier molecular flexibility index (Phi) is 9.55. The van der Waals surface area contributed by atoms with Crippen molar-refractivity contribution in [1.29, 1.82) is 0 Å². The third kappa shape index (κ3) is 9.33. The predicted octanol–water partition coefficient (Wildman–Crippen LogP) is 3.06. The average Bonchev–Trinajstić information content (AvgIpc) is 2.75. The number of benzene rings is 2. The molecule has 0 aliphatic rings. The van der Waals surface area contributed by atoms with E-state index in [1.807, 2.05) is 62.4 Å². The third-order valence-corrected chi connectivity index (χ3v) is 4.54. The van der Waals surface area contributed by atoms with Crippen LogP contribution in [-0.4, -0.2) is 24.5 Å². The van der Waals surface area contributed by atoms with Crippen molar-refractivity contribution in [3.05, 3.63) is 70.8 Å². The van der Waals surface area contributed by atoms with Crippen LogP contribution in [0.5, 0.6) is 0 Å². The van der Waals surface area contributed by atoms with Crippen molar-refractivity contribution in [2.45, 2.75) is 46.9 Å². The fourth-order valence-corrected chi connectivity index (χ4v) is 2.89. The molecule has 0 heterocycles. The van der Waals surface area contributed by atoms with Gasteiger partial charge in [0.05, 0.1) is 0 Å². The zero-order valence-corrected chi connectivity index (χ0v) is 18.4. The molecule has 0 unspecified atom stereocenters. The van der Waals surface area contributed by atoms with Crippen LogP contribution in [0.3, 0.4) is 0 Å². The maximum atomic E-state index is 11.9. The van der Waals surface area contributed by atoms with Crippen molar-refractivity contribution < 1.29 is 19.1 Å². The molecular formula is C24H31N3O4. The van der Waals surface area contributed by atoms with Crippen LogP contribution in [0.4, 0.5) is 4.79 Å². The van der Waals surface area contributed by atoms with Crippen LogP contribution in [0.2, 0.25) is 0 Å². The Hall–Kier alpha value is -3.35. The van der Waals surface area contributed by atoms with Gasteiger partial charge in [-0.3, -0.25) is 9.59 Å². The van der Waals surface area contributed by atoms with Gasteiger partial charge in [-0.25, -0.2) is 4.79 Å². The summed E-state index contributed by atoms with van der Waals surface area (Å²) in [5.41, 5.74) is 3.81. The Morgan fingerprint density at radius 2 is 1.45 bits per heavy atom. The Bertz CT molecular complexity index is 882. The van der Waals surface area contributed by atoms with Crippen molar-refractivity contribution >= 4 is 17.9 Å². The first-order valence-electron chi connectivity index (χ1n) is 10.4. The van der Waals surface area contributed by atoms with Gasteiger partial charge in [-0.15, -0.1) is 0 Å². The maximum Gasteiger partial charge on any atom is 0.407 e. The van der Waals surface area contributed by atoms with Gasteiger partial charge in [-0.05, 0) is 28.7 Å². The van der Waals surface area contributed by atoms with Crippen molar-refractivity contribution in [2.24, 2.45) is 5.92 Å². The summed E-state index contributed by atoms with van der Waals surface area (Å²) in [6, 6.07) is 15.4. The molecule has 7 heteroatoms. The van der Waals surface area contributed by atoms with E-state index in [0.717, 1.165) is 22.3 Å². The van der Waals surface area contributed by atoms with E-state index < -0.39 is 6.09 Å². The average molecular weight is 426 g/mol. The maximum absolute atomic E-state index is 11.9. The SMILES string of the molecule is CC(=O)NCc1cc(CCNC(=O)OCc2ccccc2)cc(CNC(=O)C(C)C)c1. The summed E-state index contributed by atoms with van der Waals surface area (Å²) in [5.74, 6) is -0.215. The van der Waals surface area contributed by atoms with E-state index in [-0.39, 0.29) is 24.3 Å². The molecule has 2 aromatic rings. The smallest absolute Gasteiger partial charge is 0.407 e. The molecule has 0 spiro atoms. The number of hydrogen-bond acceptors (Lipinski definition) is 4. The van der Waals surface area contributed by atoms with E-state index in [4.69, 9.17) is 4.74 Å². The van der Waals surface area contributed by atoms with E-state index in [1.54, 1.807) is 0 Å². The molecule has 2 rings (SSSR count). The first-order valence-corrected chi connectivity index (χ1v) is 10.4. The number of nitrogens with one attached hydrogen (secondary N) is 3. The van der Waals surface area contributed by atoms with Gasteiger partial charge in [0.1, 0.15) is 6.61 Å². The van der Waals surface area contributed by atoms with Crippen molar-refractivity contribution in [3.8, 4) is 0 Å². The second-order valence-corrected chi connectivity index (χ2v) is 7.68. The molecular weight excluding hydrogens is 394 g/mol. The minimum Gasteiger partial charge on any atom is -0.445 e. The van der Waals surface area contributed by atoms with Gasteiger partial charge in [0.25, 0.3) is 0 Å². The Balaban J connectivity index is 1.91. The van der Waals surface area contributed by atoms with Crippen LogP contribution in [0.15, 0.2) is 48.5 Å². The van der Waals surface area contributed by atoms with Gasteiger partial charge in [0.2, 0.25) is 11.8 Å². The fraction of sp³-hybridized carbons (Fsp3) is 0.375. The van der Waals surface area contributed by atoms with Gasteiger partial charge in [-0.1, -0.05) is 62.4 Å². The Labute approximate surface area is 183 Å². The lowest BCUT2D eigenvalue weighted by atomic mass is 10.0. The summed E-state index contributed by atoms with van der Waals surface area (Å²) in [7, 11) is 0. The molecule has 0 aliphatic carbocycles. The van der Waals surface area contributed by atoms with Crippen LogP contribution in [0.1, 0.15) is 43.0 Å². The van der Waals surface area contributed by atoms with Crippen LogP contribution in [0, 0.1) is 5.92 Å². The van der Waals surface area contributed by atoms with Gasteiger partial charge < -0.3 is 20.7 Å². The Morgan fingerprint density at radius 1 is 0.839 bits per heavy atom. The van der Waals surface area contributed by atoms with E-state index >= 15 is 0 Å². The Morgan fingerprint density at radius 3 is 2.06 bits per heavy atom. The first-order chi connectivity index (χ1) is 14.8. The van der Waals surface area contributed by atoms with Crippen LogP contribution >= 0.6 is 0 Å². The third-order valence-electron chi connectivity index (χ3n) is 4.54. The molecule has 0 fully saturated rings. The molecule has 7 nitrogen and oxygen atoms in total. The topological polar surface area (TPSA) is 96.5 Å². The molecule has 0 saturated heterocycles. The monoisotopic (exact) mass is 425 g/mol. The highest BCUT2D eigenvalue weighted by Crippen LogP contribution is 2.12. The predicted molar refractivity (Wildman–Crippen MR) is 119 cm³/mol. The molecule has 3 N–H and O–H groups in total. The summed E-state index contributed by atoms with van der Waals surface area (Å²) in [6.45, 7) is 6.60. The summed E-state index contributed by atoms with van der Waals surface area (Å²) in [4.78, 5) is 35.1. The summed E-state index contributed by atoms with van der Waals surface area (Å²) in [5, 5.41) is 8.45. The lowest BCUT2D eigenvalue weighted by molar-refractivity contribution is -0.124. The van der Waals surface area contributed by atoms with Gasteiger partial charge in [0.15, 0.2) is 0 Å². The molecule has 31 heavy (non-hydrogen) atoms. The number of amides is 3. The van der Waals surface area contributed by atoms with Gasteiger partial charge in [0, 0.05) is 32.5 Å².